The Morgan fingerprint density at radius 2 is 1.82 bits per heavy atom. The highest BCUT2D eigenvalue weighted by Gasteiger charge is 2.37. The summed E-state index contributed by atoms with van der Waals surface area (Å²) in [7, 11) is -4.77. The molecule has 0 unspecified atom stereocenters. The predicted octanol–water partition coefficient (Wildman–Crippen LogP) is 5.52. The van der Waals surface area contributed by atoms with Crippen molar-refractivity contribution in [1.29, 1.82) is 0 Å². The van der Waals surface area contributed by atoms with Crippen LogP contribution in [0.4, 0.5) is 13.2 Å². The number of alkyl halides is 3. The molecule has 5 nitrogen and oxygen atoms in total. The van der Waals surface area contributed by atoms with Crippen molar-refractivity contribution in [3.63, 3.8) is 0 Å². The van der Waals surface area contributed by atoms with Crippen LogP contribution in [0, 0.1) is 17.9 Å². The van der Waals surface area contributed by atoms with E-state index in [-0.39, 0.29) is 23.0 Å². The first kappa shape index (κ1) is 25.6. The van der Waals surface area contributed by atoms with Crippen LogP contribution in [0.25, 0.3) is 0 Å². The number of benzene rings is 2. The summed E-state index contributed by atoms with van der Waals surface area (Å²) in [5.41, 5.74) is -1.06. The van der Waals surface area contributed by atoms with E-state index in [1.807, 2.05) is 4.90 Å². The van der Waals surface area contributed by atoms with Crippen molar-refractivity contribution in [2.45, 2.75) is 50.1 Å². The van der Waals surface area contributed by atoms with E-state index >= 15 is 0 Å². The number of ketones is 1. The maximum Gasteiger partial charge on any atom is 0.417 e. The zero-order valence-electron chi connectivity index (χ0n) is 18.8. The second-order valence-electron chi connectivity index (χ2n) is 8.08. The Hall–Kier alpha value is -2.99. The van der Waals surface area contributed by atoms with Gasteiger partial charge in [-0.2, -0.15) is 21.6 Å². The summed E-state index contributed by atoms with van der Waals surface area (Å²) in [6.07, 6.45) is -0.645. The van der Waals surface area contributed by atoms with E-state index in [4.69, 9.17) is 4.18 Å². The van der Waals surface area contributed by atoms with Crippen molar-refractivity contribution in [3.05, 3.63) is 59.7 Å². The van der Waals surface area contributed by atoms with Crippen LogP contribution >= 0.6 is 0 Å². The first-order chi connectivity index (χ1) is 16.1. The number of Topliss-reactive ketones (excluding diaryl/α,β-unsaturated/α-hetero) is 1. The average Bonchev–Trinajstić information content (AvgIpc) is 2.81. The molecule has 3 rings (SSSR count). The van der Waals surface area contributed by atoms with Crippen LogP contribution in [-0.2, 0) is 16.3 Å². The van der Waals surface area contributed by atoms with Crippen LogP contribution in [-0.4, -0.2) is 32.2 Å². The molecule has 34 heavy (non-hydrogen) atoms. The number of hydrogen-bond donors (Lipinski definition) is 0. The molecule has 0 amide bonds. The highest BCUT2D eigenvalue weighted by Crippen LogP contribution is 2.35. The van der Waals surface area contributed by atoms with E-state index in [1.165, 1.54) is 24.3 Å². The number of carbonyl (C=O) groups excluding carboxylic acids is 1. The van der Waals surface area contributed by atoms with Crippen LogP contribution < -0.4 is 4.18 Å². The van der Waals surface area contributed by atoms with Gasteiger partial charge in [-0.1, -0.05) is 43.5 Å². The largest absolute Gasteiger partial charge is 0.417 e. The van der Waals surface area contributed by atoms with Gasteiger partial charge in [0.15, 0.2) is 5.78 Å². The first-order valence-corrected chi connectivity index (χ1v) is 12.5. The molecule has 0 aliphatic carbocycles. The third-order valence-corrected chi connectivity index (χ3v) is 6.85. The lowest BCUT2D eigenvalue weighted by Crippen LogP contribution is -2.33. The molecule has 0 spiro atoms. The molecule has 0 saturated carbocycles. The SMILES string of the molecule is CCCCC#CN1CCC(C(=O)c2cccc(OS(=O)(=O)c3ccccc3C(F)(F)F)c2)CC1. The minimum absolute atomic E-state index is 0.155. The van der Waals surface area contributed by atoms with E-state index in [2.05, 4.69) is 18.9 Å². The van der Waals surface area contributed by atoms with Gasteiger partial charge in [0.25, 0.3) is 0 Å². The lowest BCUT2D eigenvalue weighted by atomic mass is 9.89. The van der Waals surface area contributed by atoms with Crippen LogP contribution in [0.5, 0.6) is 5.75 Å². The summed E-state index contributed by atoms with van der Waals surface area (Å²) in [4.78, 5) is 14.0. The molecule has 1 aliphatic rings. The number of rotatable bonds is 7. The number of hydrogen-bond acceptors (Lipinski definition) is 5. The van der Waals surface area contributed by atoms with E-state index in [0.717, 1.165) is 31.4 Å². The fourth-order valence-corrected chi connectivity index (χ4v) is 4.86. The van der Waals surface area contributed by atoms with Crippen LogP contribution in [0.3, 0.4) is 0 Å². The third kappa shape index (κ3) is 6.54. The molecule has 182 valence electrons. The molecule has 0 atom stereocenters. The normalized spacial score (nSPS) is 14.9. The molecule has 0 bridgehead atoms. The Bertz CT molecular complexity index is 1170. The summed E-state index contributed by atoms with van der Waals surface area (Å²) < 4.78 is 69.9. The van der Waals surface area contributed by atoms with Crippen molar-refractivity contribution < 1.29 is 30.6 Å². The molecule has 2 aromatic rings. The minimum Gasteiger partial charge on any atom is -0.379 e. The topological polar surface area (TPSA) is 63.7 Å². The van der Waals surface area contributed by atoms with Crippen LogP contribution in [0.15, 0.2) is 53.4 Å². The highest BCUT2D eigenvalue weighted by atomic mass is 32.2. The number of unbranched alkanes of at least 4 members (excludes halogenated alkanes) is 2. The van der Waals surface area contributed by atoms with Crippen molar-refractivity contribution in [2.75, 3.05) is 13.1 Å². The Labute approximate surface area is 198 Å². The molecule has 2 aromatic carbocycles. The van der Waals surface area contributed by atoms with E-state index in [9.17, 15) is 26.4 Å². The predicted molar refractivity (Wildman–Crippen MR) is 122 cm³/mol. The van der Waals surface area contributed by atoms with Crippen molar-refractivity contribution in [2.24, 2.45) is 5.92 Å². The minimum atomic E-state index is -4.86. The van der Waals surface area contributed by atoms with Gasteiger partial charge in [0.2, 0.25) is 0 Å². The monoisotopic (exact) mass is 493 g/mol. The molecular weight excluding hydrogens is 467 g/mol. The summed E-state index contributed by atoms with van der Waals surface area (Å²) in [6, 6.07) is 12.5. The van der Waals surface area contributed by atoms with Crippen molar-refractivity contribution in [3.8, 4) is 17.7 Å². The van der Waals surface area contributed by atoms with Gasteiger partial charge in [-0.3, -0.25) is 4.79 Å². The molecule has 9 heteroatoms. The molecule has 0 N–H and O–H groups in total. The quantitative estimate of drug-likeness (QED) is 0.220. The lowest BCUT2D eigenvalue weighted by Gasteiger charge is -2.28. The molecular formula is C25H26F3NO4S. The summed E-state index contributed by atoms with van der Waals surface area (Å²) in [5.74, 6) is 2.52. The number of likely N-dealkylation sites (tertiary alicyclic amines) is 1. The third-order valence-electron chi connectivity index (χ3n) is 5.54. The molecule has 1 heterocycles. The van der Waals surface area contributed by atoms with Gasteiger partial charge in [-0.15, -0.1) is 0 Å². The second kappa shape index (κ2) is 11.0. The van der Waals surface area contributed by atoms with Gasteiger partial charge < -0.3 is 9.08 Å². The summed E-state index contributed by atoms with van der Waals surface area (Å²) in [5, 5.41) is 0. The van der Waals surface area contributed by atoms with E-state index < -0.39 is 26.8 Å². The van der Waals surface area contributed by atoms with Gasteiger partial charge in [-0.05, 0) is 43.5 Å². The van der Waals surface area contributed by atoms with Crippen molar-refractivity contribution in [1.82, 2.24) is 4.90 Å². The van der Waals surface area contributed by atoms with Crippen LogP contribution in [0.2, 0.25) is 0 Å². The summed E-state index contributed by atoms with van der Waals surface area (Å²) >= 11 is 0. The van der Waals surface area contributed by atoms with Gasteiger partial charge in [0.1, 0.15) is 10.6 Å². The highest BCUT2D eigenvalue weighted by molar-refractivity contribution is 7.87. The number of halogens is 3. The lowest BCUT2D eigenvalue weighted by molar-refractivity contribution is -0.139. The fraction of sp³-hybridized carbons (Fsp3) is 0.400. The summed E-state index contributed by atoms with van der Waals surface area (Å²) in [6.45, 7) is 3.43. The number of piperidine rings is 1. The zero-order chi connectivity index (χ0) is 24.8. The number of nitrogens with zero attached hydrogens (tertiary/aromatic N) is 1. The smallest absolute Gasteiger partial charge is 0.379 e. The zero-order valence-corrected chi connectivity index (χ0v) is 19.6. The van der Waals surface area contributed by atoms with Gasteiger partial charge in [0, 0.05) is 37.0 Å². The van der Waals surface area contributed by atoms with E-state index in [1.54, 1.807) is 6.07 Å². The maximum atomic E-state index is 13.2. The van der Waals surface area contributed by atoms with Gasteiger partial charge in [0.05, 0.1) is 5.56 Å². The first-order valence-electron chi connectivity index (χ1n) is 11.1. The Kier molecular flexibility index (Phi) is 8.26. The number of carbonyl (C=O) groups is 1. The standard InChI is InChI=1S/C25H26F3NO4S/c1-2-3-4-7-15-29-16-13-19(14-17-29)24(30)20-9-8-10-21(18-20)33-34(31,32)23-12-6-5-11-22(23)25(26,27)28/h5-6,8-12,18-19H,2-4,13-14,16-17H2,1H3. The average molecular weight is 494 g/mol. The molecule has 0 radical (unpaired) electrons. The van der Waals surface area contributed by atoms with Crippen LogP contribution in [0.1, 0.15) is 54.9 Å². The second-order valence-corrected chi connectivity index (χ2v) is 9.59. The van der Waals surface area contributed by atoms with Crippen molar-refractivity contribution >= 4 is 15.9 Å². The Morgan fingerprint density at radius 1 is 1.12 bits per heavy atom. The van der Waals surface area contributed by atoms with Gasteiger partial charge >= 0.3 is 16.3 Å². The molecule has 1 aliphatic heterocycles. The molecule has 0 aromatic heterocycles. The molecule has 1 saturated heterocycles. The molecule has 1 fully saturated rings. The van der Waals surface area contributed by atoms with Gasteiger partial charge in [-0.25, -0.2) is 0 Å². The fourth-order valence-electron chi connectivity index (χ4n) is 3.71. The maximum absolute atomic E-state index is 13.2. The van der Waals surface area contributed by atoms with E-state index in [0.29, 0.717) is 32.0 Å². The Morgan fingerprint density at radius 3 is 2.50 bits per heavy atom. The Balaban J connectivity index is 1.70.